The number of anilines is 2. The van der Waals surface area contributed by atoms with E-state index in [0.717, 1.165) is 16.6 Å². The van der Waals surface area contributed by atoms with E-state index in [1.807, 2.05) is 35.8 Å². The Morgan fingerprint density at radius 3 is 2.94 bits per heavy atom. The second-order valence-corrected chi connectivity index (χ2v) is 3.85. The predicted molar refractivity (Wildman–Crippen MR) is 65.5 cm³/mol. The highest BCUT2D eigenvalue weighted by molar-refractivity contribution is 5.98. The molecule has 0 spiro atoms. The molecule has 2 aromatic rings. The first kappa shape index (κ1) is 10.8. The van der Waals surface area contributed by atoms with E-state index in [1.165, 1.54) is 0 Å². The summed E-state index contributed by atoms with van der Waals surface area (Å²) >= 11 is 0. The average molecular weight is 220 g/mol. The van der Waals surface area contributed by atoms with Gasteiger partial charge in [0, 0.05) is 26.0 Å². The van der Waals surface area contributed by atoms with Crippen molar-refractivity contribution in [1.29, 1.82) is 0 Å². The highest BCUT2D eigenvalue weighted by Crippen LogP contribution is 2.31. The Labute approximate surface area is 94.1 Å². The van der Waals surface area contributed by atoms with Crippen molar-refractivity contribution in [2.75, 3.05) is 30.8 Å². The molecule has 1 aromatic heterocycles. The van der Waals surface area contributed by atoms with Crippen LogP contribution in [0.3, 0.4) is 0 Å². The van der Waals surface area contributed by atoms with Crippen LogP contribution in [-0.4, -0.2) is 35.1 Å². The summed E-state index contributed by atoms with van der Waals surface area (Å²) < 4.78 is 1.81. The van der Waals surface area contributed by atoms with Gasteiger partial charge in [-0.3, -0.25) is 4.68 Å². The number of aryl methyl sites for hydroxylation is 1. The lowest BCUT2D eigenvalue weighted by Crippen LogP contribution is -2.22. The fourth-order valence-corrected chi connectivity index (χ4v) is 1.92. The van der Waals surface area contributed by atoms with Crippen molar-refractivity contribution in [3.05, 3.63) is 18.3 Å². The van der Waals surface area contributed by atoms with Gasteiger partial charge in [-0.05, 0) is 12.1 Å². The van der Waals surface area contributed by atoms with Gasteiger partial charge in [-0.25, -0.2) is 0 Å². The number of hydrogen-bond donors (Lipinski definition) is 2. The summed E-state index contributed by atoms with van der Waals surface area (Å²) in [6, 6.07) is 3.82. The van der Waals surface area contributed by atoms with Crippen LogP contribution in [0.2, 0.25) is 0 Å². The predicted octanol–water partition coefficient (Wildman–Crippen LogP) is 0.584. The molecule has 2 rings (SSSR count). The molecule has 0 saturated carbocycles. The molecule has 16 heavy (non-hydrogen) atoms. The molecule has 1 heterocycles. The van der Waals surface area contributed by atoms with Gasteiger partial charge < -0.3 is 15.7 Å². The first-order valence-electron chi connectivity index (χ1n) is 5.17. The van der Waals surface area contributed by atoms with E-state index in [9.17, 15) is 0 Å². The van der Waals surface area contributed by atoms with E-state index in [4.69, 9.17) is 10.8 Å². The van der Waals surface area contributed by atoms with E-state index in [-0.39, 0.29) is 6.61 Å². The van der Waals surface area contributed by atoms with Gasteiger partial charge >= 0.3 is 0 Å². The van der Waals surface area contributed by atoms with Gasteiger partial charge in [0.2, 0.25) is 0 Å². The largest absolute Gasteiger partial charge is 0.397 e. The first-order chi connectivity index (χ1) is 7.65. The molecule has 0 atom stereocenters. The fourth-order valence-electron chi connectivity index (χ4n) is 1.92. The van der Waals surface area contributed by atoms with Gasteiger partial charge in [-0.1, -0.05) is 0 Å². The summed E-state index contributed by atoms with van der Waals surface area (Å²) in [4.78, 5) is 1.94. The van der Waals surface area contributed by atoms with E-state index < -0.39 is 0 Å². The molecule has 0 amide bonds. The molecule has 0 radical (unpaired) electrons. The van der Waals surface area contributed by atoms with Crippen molar-refractivity contribution in [3.8, 4) is 0 Å². The molecule has 0 bridgehead atoms. The molecule has 0 saturated heterocycles. The van der Waals surface area contributed by atoms with Crippen molar-refractivity contribution in [1.82, 2.24) is 9.78 Å². The third-order valence-corrected chi connectivity index (χ3v) is 2.75. The minimum atomic E-state index is 0.104. The SMILES string of the molecule is CN(CCO)c1c(N)ccc2c1cnn2C. The number of rotatable bonds is 3. The Balaban J connectivity index is 2.61. The molecule has 5 heteroatoms. The number of nitrogens with two attached hydrogens (primary N) is 1. The zero-order chi connectivity index (χ0) is 11.7. The van der Waals surface area contributed by atoms with Gasteiger partial charge in [-0.15, -0.1) is 0 Å². The molecule has 5 nitrogen and oxygen atoms in total. The number of aliphatic hydroxyl groups excluding tert-OH is 1. The molecular weight excluding hydrogens is 204 g/mol. The lowest BCUT2D eigenvalue weighted by atomic mass is 10.1. The number of fused-ring (bicyclic) bond motifs is 1. The maximum absolute atomic E-state index is 8.96. The first-order valence-corrected chi connectivity index (χ1v) is 5.17. The quantitative estimate of drug-likeness (QED) is 0.743. The summed E-state index contributed by atoms with van der Waals surface area (Å²) in [6.45, 7) is 0.658. The van der Waals surface area contributed by atoms with Crippen LogP contribution in [0, 0.1) is 0 Å². The zero-order valence-electron chi connectivity index (χ0n) is 9.51. The summed E-state index contributed by atoms with van der Waals surface area (Å²) in [6.07, 6.45) is 1.80. The van der Waals surface area contributed by atoms with Crippen LogP contribution in [0.1, 0.15) is 0 Å². The number of aromatic nitrogens is 2. The summed E-state index contributed by atoms with van der Waals surface area (Å²) in [7, 11) is 3.81. The van der Waals surface area contributed by atoms with Gasteiger partial charge in [0.25, 0.3) is 0 Å². The Morgan fingerprint density at radius 2 is 2.25 bits per heavy atom. The summed E-state index contributed by atoms with van der Waals surface area (Å²) in [5.74, 6) is 0. The monoisotopic (exact) mass is 220 g/mol. The van der Waals surface area contributed by atoms with Gasteiger partial charge in [0.05, 0.1) is 29.7 Å². The Kier molecular flexibility index (Phi) is 2.70. The molecule has 0 aliphatic rings. The normalized spacial score (nSPS) is 10.9. The molecule has 0 aliphatic carbocycles. The van der Waals surface area contributed by atoms with E-state index >= 15 is 0 Å². The third-order valence-electron chi connectivity index (χ3n) is 2.75. The van der Waals surface area contributed by atoms with Crippen LogP contribution in [-0.2, 0) is 7.05 Å². The molecule has 3 N–H and O–H groups in total. The number of nitrogen functional groups attached to an aromatic ring is 1. The van der Waals surface area contributed by atoms with Crippen molar-refractivity contribution >= 4 is 22.3 Å². The second-order valence-electron chi connectivity index (χ2n) is 3.85. The van der Waals surface area contributed by atoms with E-state index in [1.54, 1.807) is 6.20 Å². The number of hydrogen-bond acceptors (Lipinski definition) is 4. The van der Waals surface area contributed by atoms with Crippen LogP contribution in [0.5, 0.6) is 0 Å². The zero-order valence-corrected chi connectivity index (χ0v) is 9.51. The highest BCUT2D eigenvalue weighted by Gasteiger charge is 2.12. The Hall–Kier alpha value is -1.75. The smallest absolute Gasteiger partial charge is 0.0709 e. The average Bonchev–Trinajstić information content (AvgIpc) is 2.60. The van der Waals surface area contributed by atoms with Crippen LogP contribution in [0.15, 0.2) is 18.3 Å². The van der Waals surface area contributed by atoms with E-state index in [0.29, 0.717) is 12.2 Å². The molecule has 0 fully saturated rings. The van der Waals surface area contributed by atoms with E-state index in [2.05, 4.69) is 5.10 Å². The van der Waals surface area contributed by atoms with Crippen molar-refractivity contribution in [2.24, 2.45) is 7.05 Å². The van der Waals surface area contributed by atoms with Crippen molar-refractivity contribution in [3.63, 3.8) is 0 Å². The molecule has 1 aromatic carbocycles. The Morgan fingerprint density at radius 1 is 1.50 bits per heavy atom. The maximum atomic E-state index is 8.96. The maximum Gasteiger partial charge on any atom is 0.0709 e. The van der Waals surface area contributed by atoms with Crippen LogP contribution in [0.25, 0.3) is 10.9 Å². The second kappa shape index (κ2) is 4.02. The van der Waals surface area contributed by atoms with Crippen molar-refractivity contribution < 1.29 is 5.11 Å². The number of nitrogens with zero attached hydrogens (tertiary/aromatic N) is 3. The molecular formula is C11H16N4O. The third kappa shape index (κ3) is 1.59. The number of likely N-dealkylation sites (N-methyl/N-ethyl adjacent to an activating group) is 1. The van der Waals surface area contributed by atoms with Crippen LogP contribution in [0.4, 0.5) is 11.4 Å². The molecule has 0 unspecified atom stereocenters. The summed E-state index contributed by atoms with van der Waals surface area (Å²) in [5, 5.41) is 14.2. The molecule has 86 valence electrons. The highest BCUT2D eigenvalue weighted by atomic mass is 16.3. The topological polar surface area (TPSA) is 67.3 Å². The minimum Gasteiger partial charge on any atom is -0.397 e. The van der Waals surface area contributed by atoms with Crippen LogP contribution < -0.4 is 10.6 Å². The lowest BCUT2D eigenvalue weighted by Gasteiger charge is -2.20. The lowest BCUT2D eigenvalue weighted by molar-refractivity contribution is 0.304. The van der Waals surface area contributed by atoms with Crippen molar-refractivity contribution in [2.45, 2.75) is 0 Å². The van der Waals surface area contributed by atoms with Crippen LogP contribution >= 0.6 is 0 Å². The number of aliphatic hydroxyl groups is 1. The Bertz CT molecular complexity index is 506. The standard InChI is InChI=1S/C11H16N4O/c1-14(5-6-16)11-8-7-13-15(2)10(8)4-3-9(11)12/h3-4,7,16H,5-6,12H2,1-2H3. The minimum absolute atomic E-state index is 0.104. The van der Waals surface area contributed by atoms with Gasteiger partial charge in [0.1, 0.15) is 0 Å². The molecule has 0 aliphatic heterocycles. The van der Waals surface area contributed by atoms with Gasteiger partial charge in [0.15, 0.2) is 0 Å². The van der Waals surface area contributed by atoms with Gasteiger partial charge in [-0.2, -0.15) is 5.10 Å². The fraction of sp³-hybridized carbons (Fsp3) is 0.364. The number of benzene rings is 1. The summed E-state index contributed by atoms with van der Waals surface area (Å²) in [5.41, 5.74) is 8.64.